The molecule has 0 spiro atoms. The van der Waals surface area contributed by atoms with E-state index in [2.05, 4.69) is 11.6 Å². The first-order valence-electron chi connectivity index (χ1n) is 7.38. The Hall–Kier alpha value is -1.36. The summed E-state index contributed by atoms with van der Waals surface area (Å²) in [5.41, 5.74) is 8.20. The summed E-state index contributed by atoms with van der Waals surface area (Å²) in [5, 5.41) is 3.08. The van der Waals surface area contributed by atoms with Gasteiger partial charge >= 0.3 is 0 Å². The van der Waals surface area contributed by atoms with Gasteiger partial charge in [-0.1, -0.05) is 12.8 Å². The summed E-state index contributed by atoms with van der Waals surface area (Å²) in [7, 11) is 3.88. The van der Waals surface area contributed by atoms with E-state index >= 15 is 0 Å². The van der Waals surface area contributed by atoms with Crippen molar-refractivity contribution >= 4 is 29.0 Å². The first-order valence-corrected chi connectivity index (χ1v) is 8.60. The molecule has 1 aliphatic rings. The normalized spacial score (nSPS) is 16.7. The van der Waals surface area contributed by atoms with Crippen LogP contribution in [0.25, 0.3) is 0 Å². The van der Waals surface area contributed by atoms with Crippen LogP contribution in [0, 0.1) is 0 Å². The van der Waals surface area contributed by atoms with Crippen LogP contribution < -0.4 is 16.0 Å². The molecule has 0 heterocycles. The number of carbonyl (C=O) groups excluding carboxylic acids is 1. The van der Waals surface area contributed by atoms with Gasteiger partial charge in [0.05, 0.1) is 11.4 Å². The van der Waals surface area contributed by atoms with Crippen LogP contribution >= 0.6 is 11.8 Å². The molecule has 5 heteroatoms. The quantitative estimate of drug-likeness (QED) is 0.821. The van der Waals surface area contributed by atoms with Crippen LogP contribution in [0.2, 0.25) is 0 Å². The predicted octanol–water partition coefficient (Wildman–Crippen LogP) is 2.74. The summed E-state index contributed by atoms with van der Waals surface area (Å²) in [6.45, 7) is 0.738. The zero-order chi connectivity index (χ0) is 15.5. The number of nitrogens with zero attached hydrogens (tertiary/aromatic N) is 1. The van der Waals surface area contributed by atoms with Gasteiger partial charge in [-0.2, -0.15) is 11.8 Å². The molecule has 1 amide bonds. The first kappa shape index (κ1) is 16.0. The van der Waals surface area contributed by atoms with Gasteiger partial charge in [-0.15, -0.1) is 0 Å². The number of hydrogen-bond acceptors (Lipinski definition) is 4. The number of benzene rings is 1. The van der Waals surface area contributed by atoms with E-state index in [1.54, 1.807) is 6.07 Å². The maximum Gasteiger partial charge on any atom is 0.251 e. The van der Waals surface area contributed by atoms with Crippen molar-refractivity contribution in [3.63, 3.8) is 0 Å². The molecule has 1 saturated carbocycles. The zero-order valence-electron chi connectivity index (χ0n) is 13.1. The average molecular weight is 307 g/mol. The van der Waals surface area contributed by atoms with Crippen molar-refractivity contribution in [2.24, 2.45) is 0 Å². The smallest absolute Gasteiger partial charge is 0.251 e. The molecule has 21 heavy (non-hydrogen) atoms. The fraction of sp³-hybridized carbons (Fsp3) is 0.562. The highest BCUT2D eigenvalue weighted by atomic mass is 32.2. The summed E-state index contributed by atoms with van der Waals surface area (Å²) in [5.74, 6) is -0.0349. The van der Waals surface area contributed by atoms with E-state index in [9.17, 15) is 4.79 Å². The van der Waals surface area contributed by atoms with Gasteiger partial charge in [-0.25, -0.2) is 0 Å². The number of anilines is 2. The van der Waals surface area contributed by atoms with Crippen molar-refractivity contribution in [3.8, 4) is 0 Å². The monoisotopic (exact) mass is 307 g/mol. The molecular weight excluding hydrogens is 282 g/mol. The van der Waals surface area contributed by atoms with Gasteiger partial charge in [0.2, 0.25) is 0 Å². The molecule has 0 saturated heterocycles. The van der Waals surface area contributed by atoms with Crippen LogP contribution in [-0.4, -0.2) is 37.6 Å². The second-order valence-corrected chi connectivity index (χ2v) is 7.22. The Bertz CT molecular complexity index is 510. The molecule has 1 aromatic rings. The van der Waals surface area contributed by atoms with Gasteiger partial charge in [0.15, 0.2) is 0 Å². The summed E-state index contributed by atoms with van der Waals surface area (Å²) >= 11 is 1.88. The highest BCUT2D eigenvalue weighted by molar-refractivity contribution is 8.00. The van der Waals surface area contributed by atoms with Crippen molar-refractivity contribution in [2.75, 3.05) is 37.5 Å². The third-order valence-corrected chi connectivity index (χ3v) is 5.71. The second-order valence-electron chi connectivity index (χ2n) is 5.94. The number of hydrogen-bond donors (Lipinski definition) is 2. The van der Waals surface area contributed by atoms with E-state index in [4.69, 9.17) is 5.73 Å². The lowest BCUT2D eigenvalue weighted by Crippen LogP contribution is -2.38. The second kappa shape index (κ2) is 6.60. The first-order chi connectivity index (χ1) is 9.97. The minimum absolute atomic E-state index is 0.0349. The molecule has 0 unspecified atom stereocenters. The number of nitrogen functional groups attached to an aromatic ring is 1. The van der Waals surface area contributed by atoms with E-state index in [0.29, 0.717) is 11.3 Å². The lowest BCUT2D eigenvalue weighted by molar-refractivity contribution is 0.0949. The van der Waals surface area contributed by atoms with Crippen LogP contribution in [0.5, 0.6) is 0 Å². The Morgan fingerprint density at radius 1 is 1.38 bits per heavy atom. The number of thioether (sulfide) groups is 1. The van der Waals surface area contributed by atoms with Crippen LogP contribution in [0.3, 0.4) is 0 Å². The van der Waals surface area contributed by atoms with E-state index in [-0.39, 0.29) is 10.7 Å². The van der Waals surface area contributed by atoms with Gasteiger partial charge in [-0.3, -0.25) is 4.79 Å². The van der Waals surface area contributed by atoms with E-state index < -0.39 is 0 Å². The molecule has 0 aliphatic heterocycles. The van der Waals surface area contributed by atoms with Crippen molar-refractivity contribution in [1.29, 1.82) is 0 Å². The number of nitrogens with two attached hydrogens (primary N) is 1. The minimum Gasteiger partial charge on any atom is -0.397 e. The van der Waals surface area contributed by atoms with E-state index in [0.717, 1.165) is 12.2 Å². The highest BCUT2D eigenvalue weighted by Gasteiger charge is 2.33. The topological polar surface area (TPSA) is 58.4 Å². The van der Waals surface area contributed by atoms with Gasteiger partial charge in [0, 0.05) is 31.0 Å². The summed E-state index contributed by atoms with van der Waals surface area (Å²) < 4.78 is 0.227. The van der Waals surface area contributed by atoms with Gasteiger partial charge in [0.1, 0.15) is 0 Å². The van der Waals surface area contributed by atoms with Crippen LogP contribution in [-0.2, 0) is 0 Å². The zero-order valence-corrected chi connectivity index (χ0v) is 13.9. The molecule has 0 radical (unpaired) electrons. The molecular formula is C16H25N3OS. The number of amides is 1. The summed E-state index contributed by atoms with van der Waals surface area (Å²) in [4.78, 5) is 14.2. The fourth-order valence-electron chi connectivity index (χ4n) is 2.92. The van der Waals surface area contributed by atoms with Crippen LogP contribution in [0.1, 0.15) is 36.0 Å². The SMILES string of the molecule is CSC1(CNC(=O)c2ccc(N(C)C)c(N)c2)CCCC1. The van der Waals surface area contributed by atoms with Gasteiger partial charge < -0.3 is 16.0 Å². The lowest BCUT2D eigenvalue weighted by atomic mass is 10.1. The van der Waals surface area contributed by atoms with Gasteiger partial charge in [-0.05, 0) is 37.3 Å². The molecule has 0 bridgehead atoms. The van der Waals surface area contributed by atoms with E-state index in [1.807, 2.05) is 42.9 Å². The Morgan fingerprint density at radius 3 is 2.57 bits per heavy atom. The molecule has 3 N–H and O–H groups in total. The van der Waals surface area contributed by atoms with Crippen LogP contribution in [0.4, 0.5) is 11.4 Å². The van der Waals surface area contributed by atoms with Crippen molar-refractivity contribution in [2.45, 2.75) is 30.4 Å². The molecule has 1 aromatic carbocycles. The van der Waals surface area contributed by atoms with Crippen molar-refractivity contribution in [3.05, 3.63) is 23.8 Å². The maximum atomic E-state index is 12.3. The van der Waals surface area contributed by atoms with Crippen LogP contribution in [0.15, 0.2) is 18.2 Å². The number of rotatable bonds is 5. The highest BCUT2D eigenvalue weighted by Crippen LogP contribution is 2.39. The van der Waals surface area contributed by atoms with Crippen molar-refractivity contribution in [1.82, 2.24) is 5.32 Å². The molecule has 2 rings (SSSR count). The van der Waals surface area contributed by atoms with Gasteiger partial charge in [0.25, 0.3) is 5.91 Å². The molecule has 1 aliphatic carbocycles. The summed E-state index contributed by atoms with van der Waals surface area (Å²) in [6, 6.07) is 5.48. The number of carbonyl (C=O) groups is 1. The average Bonchev–Trinajstić information content (AvgIpc) is 2.93. The number of nitrogens with one attached hydrogen (secondary N) is 1. The predicted molar refractivity (Wildman–Crippen MR) is 92.2 cm³/mol. The van der Waals surface area contributed by atoms with E-state index in [1.165, 1.54) is 25.7 Å². The molecule has 0 aromatic heterocycles. The molecule has 1 fully saturated rings. The third-order valence-electron chi connectivity index (χ3n) is 4.29. The lowest BCUT2D eigenvalue weighted by Gasteiger charge is -2.27. The Morgan fingerprint density at radius 2 is 2.05 bits per heavy atom. The third kappa shape index (κ3) is 3.64. The molecule has 116 valence electrons. The van der Waals surface area contributed by atoms with Crippen molar-refractivity contribution < 1.29 is 4.79 Å². The minimum atomic E-state index is -0.0349. The molecule has 0 atom stereocenters. The standard InChI is InChI=1S/C16H25N3OS/c1-19(2)14-7-6-12(10-13(14)17)15(20)18-11-16(21-3)8-4-5-9-16/h6-7,10H,4-5,8-9,11,17H2,1-3H3,(H,18,20). The largest absolute Gasteiger partial charge is 0.397 e. The summed E-state index contributed by atoms with van der Waals surface area (Å²) in [6.07, 6.45) is 7.05. The maximum absolute atomic E-state index is 12.3. The molecule has 4 nitrogen and oxygen atoms in total. The Kier molecular flexibility index (Phi) is 5.04. The fourth-order valence-corrected chi connectivity index (χ4v) is 3.83. The Labute approximate surface area is 131 Å². The Balaban J connectivity index is 2.02.